The van der Waals surface area contributed by atoms with E-state index in [1.54, 1.807) is 0 Å². The van der Waals surface area contributed by atoms with E-state index in [9.17, 15) is 19.4 Å². The van der Waals surface area contributed by atoms with Gasteiger partial charge in [0.2, 0.25) is 5.28 Å². The Bertz CT molecular complexity index is 837. The molecule has 0 aliphatic carbocycles. The molecule has 1 unspecified atom stereocenters. The van der Waals surface area contributed by atoms with Gasteiger partial charge in [-0.25, -0.2) is 14.2 Å². The van der Waals surface area contributed by atoms with Gasteiger partial charge >= 0.3 is 6.09 Å². The molecule has 0 bridgehead atoms. The number of ether oxygens (including phenoxy) is 2. The van der Waals surface area contributed by atoms with Crippen molar-refractivity contribution in [3.63, 3.8) is 0 Å². The Labute approximate surface area is 164 Å². The molecule has 2 aromatic heterocycles. The molecule has 3 N–H and O–H groups in total. The fourth-order valence-corrected chi connectivity index (χ4v) is 3.06. The standard InChI is InChI=1S/C16H21ClFN5O5/c1-2-3-4-5-27-16(26)21-12-10-13(22-15(17)20-12)23(7-19-10)14-9(18)11(25)8(6-24)28-14/h7-9,11,14,24-25H,2-6H2,1H3,(H,20,21,22,26)/t8-,9-,11-,14?/m1/s1. The maximum absolute atomic E-state index is 14.4. The molecule has 3 heterocycles. The molecule has 1 aliphatic heterocycles. The maximum atomic E-state index is 14.4. The highest BCUT2D eigenvalue weighted by Crippen LogP contribution is 2.34. The zero-order valence-electron chi connectivity index (χ0n) is 15.1. The van der Waals surface area contributed by atoms with E-state index in [0.717, 1.165) is 19.3 Å². The molecular formula is C16H21ClFN5O5. The molecule has 4 atom stereocenters. The maximum Gasteiger partial charge on any atom is 0.412 e. The lowest BCUT2D eigenvalue weighted by molar-refractivity contribution is -0.0459. The normalized spacial score (nSPS) is 24.6. The SMILES string of the molecule is CCCCCOC(=O)Nc1nc(Cl)nc2c1ncn2C1O[C@H](CO)[C@@H](O)[C@H]1F. The van der Waals surface area contributed by atoms with Crippen molar-refractivity contribution in [2.45, 2.75) is 50.8 Å². The first kappa shape index (κ1) is 20.6. The minimum absolute atomic E-state index is 0.00176. The summed E-state index contributed by atoms with van der Waals surface area (Å²) in [7, 11) is 0. The van der Waals surface area contributed by atoms with E-state index in [1.165, 1.54) is 10.9 Å². The van der Waals surface area contributed by atoms with Crippen LogP contribution in [0.1, 0.15) is 32.4 Å². The summed E-state index contributed by atoms with van der Waals surface area (Å²) >= 11 is 5.93. The largest absolute Gasteiger partial charge is 0.449 e. The van der Waals surface area contributed by atoms with Crippen LogP contribution in [0.2, 0.25) is 5.28 Å². The van der Waals surface area contributed by atoms with Gasteiger partial charge in [-0.05, 0) is 18.0 Å². The van der Waals surface area contributed by atoms with Crippen LogP contribution in [-0.2, 0) is 9.47 Å². The lowest BCUT2D eigenvalue weighted by Gasteiger charge is -2.15. The Hall–Kier alpha value is -2.08. The average molecular weight is 418 g/mol. The topological polar surface area (TPSA) is 132 Å². The monoisotopic (exact) mass is 417 g/mol. The van der Waals surface area contributed by atoms with Crippen molar-refractivity contribution in [1.82, 2.24) is 19.5 Å². The zero-order chi connectivity index (χ0) is 20.3. The second-order valence-electron chi connectivity index (χ2n) is 6.32. The smallest absolute Gasteiger partial charge is 0.412 e. The third-order valence-electron chi connectivity index (χ3n) is 4.34. The van der Waals surface area contributed by atoms with Gasteiger partial charge in [0.25, 0.3) is 0 Å². The number of nitrogens with zero attached hydrogens (tertiary/aromatic N) is 4. The molecule has 3 rings (SSSR count). The van der Waals surface area contributed by atoms with E-state index in [4.69, 9.17) is 21.1 Å². The number of unbranched alkanes of at least 4 members (excludes halogenated alkanes) is 2. The van der Waals surface area contributed by atoms with Crippen LogP contribution < -0.4 is 5.32 Å². The summed E-state index contributed by atoms with van der Waals surface area (Å²) in [6.07, 6.45) is -2.48. The van der Waals surface area contributed by atoms with Crippen molar-refractivity contribution in [2.75, 3.05) is 18.5 Å². The lowest BCUT2D eigenvalue weighted by Crippen LogP contribution is -2.30. The van der Waals surface area contributed by atoms with Gasteiger partial charge in [0, 0.05) is 0 Å². The number of halogens is 2. The second-order valence-corrected chi connectivity index (χ2v) is 6.65. The van der Waals surface area contributed by atoms with Crippen LogP contribution >= 0.6 is 11.6 Å². The molecule has 12 heteroatoms. The fraction of sp³-hybridized carbons (Fsp3) is 0.625. The second kappa shape index (κ2) is 8.95. The molecule has 0 spiro atoms. The number of hydrogen-bond donors (Lipinski definition) is 3. The van der Waals surface area contributed by atoms with E-state index in [1.807, 2.05) is 6.92 Å². The Kier molecular flexibility index (Phi) is 6.60. The Morgan fingerprint density at radius 2 is 2.25 bits per heavy atom. The van der Waals surface area contributed by atoms with Gasteiger partial charge in [-0.15, -0.1) is 0 Å². The number of aliphatic hydroxyl groups is 2. The van der Waals surface area contributed by atoms with Crippen LogP contribution in [0.25, 0.3) is 11.2 Å². The van der Waals surface area contributed by atoms with Crippen molar-refractivity contribution in [1.29, 1.82) is 0 Å². The highest BCUT2D eigenvalue weighted by molar-refractivity contribution is 6.28. The van der Waals surface area contributed by atoms with Crippen LogP contribution in [0, 0.1) is 0 Å². The number of alkyl halides is 1. The number of carbonyl (C=O) groups excluding carboxylic acids is 1. The third kappa shape index (κ3) is 4.17. The third-order valence-corrected chi connectivity index (χ3v) is 4.51. The highest BCUT2D eigenvalue weighted by Gasteiger charge is 2.45. The quantitative estimate of drug-likeness (QED) is 0.459. The van der Waals surface area contributed by atoms with Crippen molar-refractivity contribution in [3.05, 3.63) is 11.6 Å². The number of anilines is 1. The minimum atomic E-state index is -1.82. The number of imidazole rings is 1. The number of nitrogens with one attached hydrogen (secondary N) is 1. The molecule has 2 aromatic rings. The van der Waals surface area contributed by atoms with Crippen LogP contribution in [0.15, 0.2) is 6.33 Å². The van der Waals surface area contributed by atoms with E-state index in [-0.39, 0.29) is 28.9 Å². The van der Waals surface area contributed by atoms with Crippen molar-refractivity contribution in [2.24, 2.45) is 0 Å². The number of hydrogen-bond acceptors (Lipinski definition) is 8. The van der Waals surface area contributed by atoms with Gasteiger partial charge < -0.3 is 19.7 Å². The Morgan fingerprint density at radius 1 is 1.46 bits per heavy atom. The number of aromatic nitrogens is 4. The number of fused-ring (bicyclic) bond motifs is 1. The molecule has 0 saturated carbocycles. The fourth-order valence-electron chi connectivity index (χ4n) is 2.89. The van der Waals surface area contributed by atoms with Crippen LogP contribution in [0.4, 0.5) is 15.0 Å². The van der Waals surface area contributed by atoms with E-state index in [0.29, 0.717) is 0 Å². The van der Waals surface area contributed by atoms with Gasteiger partial charge in [0.1, 0.15) is 12.2 Å². The summed E-state index contributed by atoms with van der Waals surface area (Å²) in [6.45, 7) is 1.75. The molecule has 1 aliphatic rings. The molecule has 0 aromatic carbocycles. The van der Waals surface area contributed by atoms with Crippen molar-refractivity contribution >= 4 is 34.7 Å². The average Bonchev–Trinajstić information content (AvgIpc) is 3.20. The minimum Gasteiger partial charge on any atom is -0.449 e. The lowest BCUT2D eigenvalue weighted by atomic mass is 10.1. The van der Waals surface area contributed by atoms with Gasteiger partial charge in [-0.1, -0.05) is 19.8 Å². The summed E-state index contributed by atoms with van der Waals surface area (Å²) < 4.78 is 26.1. The first-order valence-corrected chi connectivity index (χ1v) is 9.26. The first-order valence-electron chi connectivity index (χ1n) is 8.88. The van der Waals surface area contributed by atoms with Crippen molar-refractivity contribution < 1.29 is 28.9 Å². The van der Waals surface area contributed by atoms with Crippen LogP contribution in [0.5, 0.6) is 0 Å². The van der Waals surface area contributed by atoms with E-state index in [2.05, 4.69) is 20.3 Å². The van der Waals surface area contributed by atoms with Crippen LogP contribution in [-0.4, -0.2) is 67.4 Å². The molecule has 0 radical (unpaired) electrons. The van der Waals surface area contributed by atoms with E-state index < -0.39 is 37.3 Å². The summed E-state index contributed by atoms with van der Waals surface area (Å²) in [6, 6.07) is 0. The number of aliphatic hydroxyl groups excluding tert-OH is 2. The highest BCUT2D eigenvalue weighted by atomic mass is 35.5. The van der Waals surface area contributed by atoms with Crippen LogP contribution in [0.3, 0.4) is 0 Å². The van der Waals surface area contributed by atoms with Crippen molar-refractivity contribution in [3.8, 4) is 0 Å². The number of amides is 1. The van der Waals surface area contributed by atoms with Gasteiger partial charge in [0.15, 0.2) is 29.4 Å². The summed E-state index contributed by atoms with van der Waals surface area (Å²) in [5.74, 6) is 0.00176. The molecule has 10 nitrogen and oxygen atoms in total. The molecule has 1 amide bonds. The van der Waals surface area contributed by atoms with E-state index >= 15 is 0 Å². The molecular weight excluding hydrogens is 397 g/mol. The number of carbonyl (C=O) groups is 1. The Balaban J connectivity index is 1.82. The van der Waals surface area contributed by atoms with Gasteiger partial charge in [0.05, 0.1) is 19.5 Å². The van der Waals surface area contributed by atoms with Gasteiger partial charge in [-0.2, -0.15) is 9.97 Å². The molecule has 28 heavy (non-hydrogen) atoms. The summed E-state index contributed by atoms with van der Waals surface area (Å²) in [4.78, 5) is 24.0. The summed E-state index contributed by atoms with van der Waals surface area (Å²) in [5.41, 5.74) is 0.243. The Morgan fingerprint density at radius 3 is 2.93 bits per heavy atom. The molecule has 1 fully saturated rings. The first-order chi connectivity index (χ1) is 13.5. The zero-order valence-corrected chi connectivity index (χ0v) is 15.8. The summed E-state index contributed by atoms with van der Waals surface area (Å²) in [5, 5.41) is 21.3. The molecule has 154 valence electrons. The molecule has 1 saturated heterocycles. The predicted octanol–water partition coefficient (Wildman–Crippen LogP) is 1.81. The van der Waals surface area contributed by atoms with Gasteiger partial charge in [-0.3, -0.25) is 9.88 Å². The number of rotatable bonds is 7. The predicted molar refractivity (Wildman–Crippen MR) is 96.7 cm³/mol.